The maximum Gasteiger partial charge on any atom is 0.310 e. The Hall–Kier alpha value is -9.14. The molecule has 4 saturated heterocycles. The molecule has 20 rings (SSSR count). The number of benzene rings is 14. The van der Waals surface area contributed by atoms with E-state index in [1.807, 2.05) is 17.0 Å². The topological polar surface area (TPSA) is 84.9 Å². The zero-order valence-electron chi connectivity index (χ0n) is 74.7. The molecule has 8 atom stereocenters. The minimum absolute atomic E-state index is 0. The van der Waals surface area contributed by atoms with E-state index in [1.54, 1.807) is 32.4 Å². The van der Waals surface area contributed by atoms with E-state index in [0.717, 1.165) is 40.2 Å². The van der Waals surface area contributed by atoms with Crippen molar-refractivity contribution in [1.29, 1.82) is 0 Å². The van der Waals surface area contributed by atoms with E-state index in [4.69, 9.17) is 9.47 Å². The van der Waals surface area contributed by atoms with Crippen molar-refractivity contribution >= 4 is 168 Å². The fourth-order valence-corrected chi connectivity index (χ4v) is 31.9. The molecule has 2 aromatic heterocycles. The van der Waals surface area contributed by atoms with Crippen LogP contribution in [0.5, 0.6) is 0 Å². The first-order valence-corrected chi connectivity index (χ1v) is 62.2. The maximum absolute atomic E-state index is 12.5. The van der Waals surface area contributed by atoms with Crippen LogP contribution >= 0.6 is 70.3 Å². The molecule has 0 saturated carbocycles. The number of fused-ring (bicyclic) bond motifs is 4. The summed E-state index contributed by atoms with van der Waals surface area (Å²) in [5.41, 5.74) is 3.71. The summed E-state index contributed by atoms with van der Waals surface area (Å²) in [6.45, 7) is 0. The van der Waals surface area contributed by atoms with Crippen LogP contribution in [-0.4, -0.2) is 103 Å². The first kappa shape index (κ1) is 98.4. The van der Waals surface area contributed by atoms with Gasteiger partial charge in [-0.1, -0.05) is 388 Å². The van der Waals surface area contributed by atoms with E-state index in [0.29, 0.717) is 30.1 Å². The number of thiazole rings is 2. The quantitative estimate of drug-likeness (QED) is 0.0477. The zero-order valence-corrected chi connectivity index (χ0v) is 85.9. The average Bonchev–Trinajstić information content (AvgIpc) is 1.61. The van der Waals surface area contributed by atoms with Gasteiger partial charge in [0, 0.05) is 67.1 Å². The second-order valence-electron chi connectivity index (χ2n) is 33.2. The molecule has 8 unspecified atom stereocenters. The summed E-state index contributed by atoms with van der Waals surface area (Å²) < 4.78 is 12.8. The van der Waals surface area contributed by atoms with Crippen LogP contribution in [0.25, 0.3) is 10.6 Å². The standard InChI is InChI=1S/C19H22N2O2S.4C18H15P.C16H20NO2.C3H2BrNS.3CH3.Pd.Sn/c1-21-14-7-8-16(21)17(19(22)23-2)15(11-14)12-3-5-13(6-4-12)18-20-9-10-24-18;4*1-4-10-16(11-5-1)19(17-12-6-2-7-13-17)18-14-8-3-9-15-18;1-17-12-8-9-14(17)15(16(18)19-2)13(10-12)11-6-4-3-5-7-11;4-3-5-1-2-6-3;;;;;/h3-6,9-10,14-17H,7-8,11H2,1-2H3;4*1-15H;4-7,12-15H,8-10H2,1-2H3;1-2H;3*1H3;;. The van der Waals surface area contributed by atoms with Gasteiger partial charge in [-0.25, -0.2) is 9.97 Å². The van der Waals surface area contributed by atoms with Gasteiger partial charge in [0.2, 0.25) is 0 Å². The molecule has 0 spiro atoms. The van der Waals surface area contributed by atoms with E-state index in [2.05, 4.69) is 477 Å². The Morgan fingerprint density at radius 2 is 0.562 bits per heavy atom. The van der Waals surface area contributed by atoms with Crippen LogP contribution in [0.2, 0.25) is 14.8 Å². The smallest absolute Gasteiger partial charge is 0.310 e. The van der Waals surface area contributed by atoms with Crippen LogP contribution in [0.15, 0.2) is 440 Å². The monoisotopic (exact) mass is 2080 g/mol. The Balaban J connectivity index is 0.000000131. The number of ether oxygens (including phenoxy) is 2. The minimum Gasteiger partial charge on any atom is -0.469 e. The third-order valence-electron chi connectivity index (χ3n) is 24.3. The number of rotatable bonds is 18. The fraction of sp³-hybridized carbons (Fsp3) is 0.186. The van der Waals surface area contributed by atoms with Gasteiger partial charge in [-0.3, -0.25) is 9.69 Å². The van der Waals surface area contributed by atoms with Crippen molar-refractivity contribution < 1.29 is 39.5 Å². The van der Waals surface area contributed by atoms with E-state index < -0.39 is 50.1 Å². The Bertz CT molecular complexity index is 5080. The van der Waals surface area contributed by atoms with Crippen molar-refractivity contribution in [3.8, 4) is 10.6 Å². The number of methoxy groups -OCH3 is 2. The van der Waals surface area contributed by atoms with Crippen molar-refractivity contribution in [2.45, 2.75) is 89.3 Å². The molecule has 130 heavy (non-hydrogen) atoms. The van der Waals surface area contributed by atoms with Crippen LogP contribution in [0.1, 0.15) is 61.5 Å². The molecule has 0 radical (unpaired) electrons. The molecule has 6 heterocycles. The molecule has 0 amide bonds. The molecule has 4 bridgehead atoms. The molecular weight excluding hydrogens is 1970 g/mol. The third kappa shape index (κ3) is 26.7. The molecule has 0 N–H and O–H groups in total. The van der Waals surface area contributed by atoms with Gasteiger partial charge in [0.15, 0.2) is 3.92 Å². The largest absolute Gasteiger partial charge is 0.469 e. The number of carbonyl (C=O) groups is 2. The molecule has 662 valence electrons. The van der Waals surface area contributed by atoms with Crippen molar-refractivity contribution in [2.24, 2.45) is 11.8 Å². The predicted molar refractivity (Wildman–Crippen MR) is 562 cm³/mol. The summed E-state index contributed by atoms with van der Waals surface area (Å²) in [5, 5.41) is 21.7. The molecule has 16 aromatic rings. The average molecular weight is 2080 g/mol. The summed E-state index contributed by atoms with van der Waals surface area (Å²) in [4.78, 5) is 45.3. The molecule has 8 nitrogen and oxygen atoms in total. The zero-order chi connectivity index (χ0) is 89.5. The van der Waals surface area contributed by atoms with E-state index >= 15 is 0 Å². The number of hydrogen-bond acceptors (Lipinski definition) is 10. The molecule has 14 aromatic carbocycles. The number of carbonyl (C=O) groups excluding carboxylic acids is 2. The summed E-state index contributed by atoms with van der Waals surface area (Å²) in [6.07, 6.45) is 10.3. The third-order valence-corrected chi connectivity index (χ3v) is 42.1. The van der Waals surface area contributed by atoms with Gasteiger partial charge < -0.3 is 4.74 Å². The SMILES string of the molecule is Brc1nccs1.COC(=O)C1C(c2cc[c]([Sn]([CH3])([CH3])[CH3])cc2)CC2CCC1N2C.COC(=O)C1C(c2ccc(-c3nccs3)cc2)CC2CCC1N2C.[Pd].c1ccc(P(c2ccccc2)c2ccccc2)cc1.c1ccc(P(c2ccccc2)c2ccccc2)cc1.c1ccc(P(c2ccccc2)c2ccccc2)cc1.c1ccc(P(c2ccccc2)c2ccccc2)cc1. The Morgan fingerprint density at radius 1 is 0.331 bits per heavy atom. The number of piperidine rings is 2. The second kappa shape index (κ2) is 50.6. The number of aromatic nitrogens is 2. The van der Waals surface area contributed by atoms with Crippen LogP contribution in [0.3, 0.4) is 0 Å². The second-order valence-corrected chi connectivity index (χ2v) is 59.6. The van der Waals surface area contributed by atoms with Crippen molar-refractivity contribution in [3.63, 3.8) is 0 Å². The van der Waals surface area contributed by atoms with Gasteiger partial charge in [-0.05, 0) is 143 Å². The maximum atomic E-state index is 12.5. The molecule has 0 aliphatic carbocycles. The van der Waals surface area contributed by atoms with Crippen molar-refractivity contribution in [3.05, 3.63) is 451 Å². The first-order chi connectivity index (χ1) is 63.2. The molecule has 17 heteroatoms. The Morgan fingerprint density at radius 3 is 0.754 bits per heavy atom. The number of halogens is 1. The molecule has 4 aliphatic rings. The number of esters is 2. The summed E-state index contributed by atoms with van der Waals surface area (Å²) >= 11 is 4.41. The summed E-state index contributed by atoms with van der Waals surface area (Å²) in [7, 11) is 5.57. The predicted octanol–water partition coefficient (Wildman–Crippen LogP) is 22.2. The Kier molecular flexibility index (Phi) is 38.3. The number of hydrogen-bond donors (Lipinski definition) is 0. The fourth-order valence-electron chi connectivity index (χ4n) is 17.9. The van der Waals surface area contributed by atoms with Crippen molar-refractivity contribution in [2.75, 3.05) is 28.3 Å². The van der Waals surface area contributed by atoms with Crippen LogP contribution < -0.4 is 67.2 Å². The van der Waals surface area contributed by atoms with Gasteiger partial charge in [0.05, 0.1) is 13.0 Å². The van der Waals surface area contributed by atoms with E-state index in [1.165, 1.54) is 102 Å². The van der Waals surface area contributed by atoms with Gasteiger partial charge in [0.1, 0.15) is 5.01 Å². The summed E-state index contributed by atoms with van der Waals surface area (Å²) in [5.74, 6) is 0.363. The van der Waals surface area contributed by atoms with E-state index in [-0.39, 0.29) is 50.1 Å². The molecule has 4 fully saturated rings. The van der Waals surface area contributed by atoms with Crippen LogP contribution in [0.4, 0.5) is 0 Å². The normalized spacial score (nSPS) is 17.6. The van der Waals surface area contributed by atoms with Crippen LogP contribution in [0, 0.1) is 11.8 Å². The molecule has 4 aliphatic heterocycles. The molecular formula is C113H113BrN4O4P4PdS2Sn. The van der Waals surface area contributed by atoms with Gasteiger partial charge in [-0.15, -0.1) is 22.7 Å². The van der Waals surface area contributed by atoms with Crippen molar-refractivity contribution in [1.82, 2.24) is 19.8 Å². The van der Waals surface area contributed by atoms with Gasteiger partial charge in [0.25, 0.3) is 0 Å². The van der Waals surface area contributed by atoms with Gasteiger partial charge in [-0.2, -0.15) is 0 Å². The minimum atomic E-state index is -2.01. The Labute approximate surface area is 810 Å². The van der Waals surface area contributed by atoms with Gasteiger partial charge >= 0.3 is 150 Å². The summed E-state index contributed by atoms with van der Waals surface area (Å²) in [6, 6.07) is 149. The van der Waals surface area contributed by atoms with Crippen LogP contribution in [-0.2, 0) is 39.5 Å². The first-order valence-electron chi connectivity index (χ1n) is 44.3. The van der Waals surface area contributed by atoms with E-state index in [9.17, 15) is 9.59 Å². The number of nitrogens with zero attached hydrogens (tertiary/aromatic N) is 4.